The lowest BCUT2D eigenvalue weighted by molar-refractivity contribution is 0.541. The lowest BCUT2D eigenvalue weighted by atomic mass is 9.96. The zero-order valence-corrected chi connectivity index (χ0v) is 9.73. The minimum absolute atomic E-state index is 0.0804. The fourth-order valence-electron chi connectivity index (χ4n) is 1.32. The van der Waals surface area contributed by atoms with Crippen LogP contribution in [0.4, 0.5) is 0 Å². The summed E-state index contributed by atoms with van der Waals surface area (Å²) < 4.78 is 0. The van der Waals surface area contributed by atoms with Crippen LogP contribution in [-0.4, -0.2) is 15.0 Å². The Morgan fingerprint density at radius 1 is 1.00 bits per heavy atom. The van der Waals surface area contributed by atoms with Crippen molar-refractivity contribution in [3.8, 4) is 11.4 Å². The second-order valence-electron chi connectivity index (χ2n) is 4.70. The highest BCUT2D eigenvalue weighted by Gasteiger charge is 2.18. The van der Waals surface area contributed by atoms with Crippen molar-refractivity contribution in [2.24, 2.45) is 0 Å². The van der Waals surface area contributed by atoms with E-state index in [0.717, 1.165) is 11.4 Å². The maximum absolute atomic E-state index is 4.46. The van der Waals surface area contributed by atoms with E-state index >= 15 is 0 Å². The molecule has 2 rings (SSSR count). The summed E-state index contributed by atoms with van der Waals surface area (Å²) in [6.45, 7) is 6.22. The monoisotopic (exact) mass is 212 g/mol. The lowest BCUT2D eigenvalue weighted by Crippen LogP contribution is -2.16. The van der Waals surface area contributed by atoms with E-state index in [1.54, 1.807) is 0 Å². The van der Waals surface area contributed by atoms with Gasteiger partial charge in [0.1, 0.15) is 5.82 Å². The first-order valence-electron chi connectivity index (χ1n) is 5.25. The van der Waals surface area contributed by atoms with E-state index in [1.807, 2.05) is 30.3 Å². The van der Waals surface area contributed by atoms with Gasteiger partial charge in [0.2, 0.25) is 6.33 Å². The van der Waals surface area contributed by atoms with Gasteiger partial charge in [-0.3, -0.25) is 0 Å². The van der Waals surface area contributed by atoms with Gasteiger partial charge in [0.15, 0.2) is 5.82 Å². The van der Waals surface area contributed by atoms with Gasteiger partial charge in [-0.05, 0) is 0 Å². The zero-order valence-electron chi connectivity index (χ0n) is 9.73. The van der Waals surface area contributed by atoms with Crippen molar-refractivity contribution in [2.45, 2.75) is 26.2 Å². The van der Waals surface area contributed by atoms with Crippen molar-refractivity contribution in [2.75, 3.05) is 0 Å². The highest BCUT2D eigenvalue weighted by molar-refractivity contribution is 5.53. The van der Waals surface area contributed by atoms with Crippen LogP contribution in [0.3, 0.4) is 0 Å². The molecule has 1 aromatic heterocycles. The Morgan fingerprint density at radius 2 is 1.69 bits per heavy atom. The van der Waals surface area contributed by atoms with Crippen molar-refractivity contribution in [3.63, 3.8) is 0 Å². The van der Waals surface area contributed by atoms with Crippen molar-refractivity contribution >= 4 is 0 Å². The van der Waals surface area contributed by atoms with Crippen LogP contribution in [0.1, 0.15) is 26.6 Å². The number of aromatic nitrogens is 3. The smallest absolute Gasteiger partial charge is 0.201 e. The molecular formula is C13H14N3. The second kappa shape index (κ2) is 4.00. The molecular weight excluding hydrogens is 198 g/mol. The van der Waals surface area contributed by atoms with Crippen LogP contribution >= 0.6 is 0 Å². The van der Waals surface area contributed by atoms with Gasteiger partial charge in [0, 0.05) is 11.0 Å². The Labute approximate surface area is 95.6 Å². The third-order valence-corrected chi connectivity index (χ3v) is 2.23. The van der Waals surface area contributed by atoms with Crippen LogP contribution in [0.25, 0.3) is 11.4 Å². The fraction of sp³-hybridized carbons (Fsp3) is 0.308. The maximum atomic E-state index is 4.46. The van der Waals surface area contributed by atoms with Gasteiger partial charge >= 0.3 is 0 Å². The molecule has 3 nitrogen and oxygen atoms in total. The van der Waals surface area contributed by atoms with Crippen molar-refractivity contribution in [3.05, 3.63) is 42.5 Å². The van der Waals surface area contributed by atoms with E-state index in [9.17, 15) is 0 Å². The molecule has 0 aliphatic rings. The van der Waals surface area contributed by atoms with Crippen LogP contribution in [0, 0.1) is 6.33 Å². The van der Waals surface area contributed by atoms with Gasteiger partial charge in [0.05, 0.1) is 0 Å². The van der Waals surface area contributed by atoms with Crippen LogP contribution in [0.5, 0.6) is 0 Å². The quantitative estimate of drug-likeness (QED) is 0.729. The molecule has 0 saturated carbocycles. The predicted molar refractivity (Wildman–Crippen MR) is 62.8 cm³/mol. The van der Waals surface area contributed by atoms with E-state index in [1.165, 1.54) is 0 Å². The summed E-state index contributed by atoms with van der Waals surface area (Å²) in [5.41, 5.74) is 0.912. The SMILES string of the molecule is CC(C)(C)c1n[c]nc(-c2ccccc2)n1. The first-order chi connectivity index (χ1) is 7.57. The standard InChI is InChI=1S/C13H14N3/c1-13(2,3)12-15-9-14-11(16-12)10-7-5-4-6-8-10/h4-8H,1-3H3. The molecule has 81 valence electrons. The fourth-order valence-corrected chi connectivity index (χ4v) is 1.32. The number of benzene rings is 1. The summed E-state index contributed by atoms with van der Waals surface area (Å²) in [4.78, 5) is 12.6. The van der Waals surface area contributed by atoms with Crippen molar-refractivity contribution in [1.29, 1.82) is 0 Å². The summed E-state index contributed by atoms with van der Waals surface area (Å²) in [7, 11) is 0. The largest absolute Gasteiger partial charge is 0.212 e. The van der Waals surface area contributed by atoms with Crippen LogP contribution in [0.15, 0.2) is 30.3 Å². The van der Waals surface area contributed by atoms with Gasteiger partial charge in [0.25, 0.3) is 0 Å². The molecule has 3 heteroatoms. The number of hydrogen-bond acceptors (Lipinski definition) is 3. The second-order valence-corrected chi connectivity index (χ2v) is 4.70. The minimum Gasteiger partial charge on any atom is -0.212 e. The Bertz CT molecular complexity index is 472. The van der Waals surface area contributed by atoms with Crippen LogP contribution in [0.2, 0.25) is 0 Å². The van der Waals surface area contributed by atoms with Gasteiger partial charge in [-0.1, -0.05) is 51.1 Å². The van der Waals surface area contributed by atoms with Crippen LogP contribution < -0.4 is 0 Å². The van der Waals surface area contributed by atoms with Crippen molar-refractivity contribution in [1.82, 2.24) is 15.0 Å². The summed E-state index contributed by atoms with van der Waals surface area (Å²) in [5.74, 6) is 1.45. The molecule has 0 amide bonds. The normalized spacial score (nSPS) is 11.4. The first-order valence-corrected chi connectivity index (χ1v) is 5.25. The third kappa shape index (κ3) is 2.24. The number of rotatable bonds is 1. The Morgan fingerprint density at radius 3 is 2.31 bits per heavy atom. The van der Waals surface area contributed by atoms with E-state index in [2.05, 4.69) is 42.1 Å². The average Bonchev–Trinajstić information content (AvgIpc) is 2.29. The third-order valence-electron chi connectivity index (χ3n) is 2.23. The Kier molecular flexibility index (Phi) is 2.69. The topological polar surface area (TPSA) is 38.7 Å². The van der Waals surface area contributed by atoms with Crippen molar-refractivity contribution < 1.29 is 0 Å². The molecule has 0 spiro atoms. The maximum Gasteiger partial charge on any atom is 0.201 e. The molecule has 0 saturated heterocycles. The van der Waals surface area contributed by atoms with E-state index in [-0.39, 0.29) is 5.41 Å². The number of nitrogens with zero attached hydrogens (tertiary/aromatic N) is 3. The summed E-state index contributed by atoms with van der Waals surface area (Å²) in [6.07, 6.45) is 2.67. The summed E-state index contributed by atoms with van der Waals surface area (Å²) in [6, 6.07) is 9.87. The molecule has 0 bridgehead atoms. The summed E-state index contributed by atoms with van der Waals surface area (Å²) >= 11 is 0. The van der Waals surface area contributed by atoms with E-state index in [0.29, 0.717) is 5.82 Å². The molecule has 1 heterocycles. The average molecular weight is 212 g/mol. The lowest BCUT2D eigenvalue weighted by Gasteiger charge is -2.15. The minimum atomic E-state index is -0.0804. The van der Waals surface area contributed by atoms with Crippen LogP contribution in [-0.2, 0) is 5.41 Å². The molecule has 0 atom stereocenters. The molecule has 0 unspecified atom stereocenters. The van der Waals surface area contributed by atoms with Gasteiger partial charge in [-0.15, -0.1) is 0 Å². The molecule has 0 aliphatic carbocycles. The highest BCUT2D eigenvalue weighted by Crippen LogP contribution is 2.20. The van der Waals surface area contributed by atoms with Gasteiger partial charge < -0.3 is 0 Å². The van der Waals surface area contributed by atoms with Gasteiger partial charge in [-0.2, -0.15) is 0 Å². The highest BCUT2D eigenvalue weighted by atomic mass is 15.0. The number of hydrogen-bond donors (Lipinski definition) is 0. The molecule has 1 radical (unpaired) electrons. The Balaban J connectivity index is 2.45. The van der Waals surface area contributed by atoms with E-state index in [4.69, 9.17) is 0 Å². The molecule has 0 fully saturated rings. The molecule has 16 heavy (non-hydrogen) atoms. The zero-order chi connectivity index (χ0) is 11.6. The Hall–Kier alpha value is -1.77. The predicted octanol–water partition coefficient (Wildman–Crippen LogP) is 2.64. The molecule has 2 aromatic rings. The molecule has 0 aliphatic heterocycles. The first kappa shape index (κ1) is 10.7. The van der Waals surface area contributed by atoms with E-state index < -0.39 is 0 Å². The summed E-state index contributed by atoms with van der Waals surface area (Å²) in [5, 5.41) is 0. The molecule has 1 aromatic carbocycles. The van der Waals surface area contributed by atoms with Gasteiger partial charge in [-0.25, -0.2) is 15.0 Å². The molecule has 0 N–H and O–H groups in total.